The Morgan fingerprint density at radius 1 is 1.02 bits per heavy atom. The molecule has 3 heterocycles. The first kappa shape index (κ1) is 33.3. The van der Waals surface area contributed by atoms with Crippen LogP contribution in [0.1, 0.15) is 39.2 Å². The first-order chi connectivity index (χ1) is 22.9. The Morgan fingerprint density at radius 3 is 2.46 bits per heavy atom. The number of fused-ring (bicyclic) bond motifs is 2. The highest BCUT2D eigenvalue weighted by atomic mass is 35.5. The Bertz CT molecular complexity index is 2000. The number of alkyl halides is 3. The van der Waals surface area contributed by atoms with Crippen LogP contribution in [0.5, 0.6) is 5.75 Å². The number of benzene rings is 3. The maximum Gasteiger partial charge on any atom is 0.418 e. The Morgan fingerprint density at radius 2 is 1.75 bits per heavy atom. The van der Waals surface area contributed by atoms with Gasteiger partial charge in [-0.05, 0) is 61.5 Å². The highest BCUT2D eigenvalue weighted by Gasteiger charge is 2.57. The van der Waals surface area contributed by atoms with Crippen LogP contribution in [0, 0.1) is 5.92 Å². The number of halogens is 4. The van der Waals surface area contributed by atoms with Gasteiger partial charge in [0.1, 0.15) is 11.0 Å². The van der Waals surface area contributed by atoms with Gasteiger partial charge in [0.2, 0.25) is 11.8 Å². The number of aromatic amines is 1. The van der Waals surface area contributed by atoms with Crippen molar-refractivity contribution < 1.29 is 41.8 Å². The summed E-state index contributed by atoms with van der Waals surface area (Å²) in [7, 11) is 0. The van der Waals surface area contributed by atoms with Gasteiger partial charge in [0.15, 0.2) is 6.61 Å². The van der Waals surface area contributed by atoms with Gasteiger partial charge in [0.05, 0.1) is 40.1 Å². The van der Waals surface area contributed by atoms with E-state index < -0.39 is 69.7 Å². The summed E-state index contributed by atoms with van der Waals surface area (Å²) in [6, 6.07) is 14.7. The second-order valence-electron chi connectivity index (χ2n) is 10.6. The summed E-state index contributed by atoms with van der Waals surface area (Å²) in [6.45, 7) is 1.13. The number of carbonyl (C=O) groups excluding carboxylic acids is 4. The van der Waals surface area contributed by atoms with Crippen molar-refractivity contribution in [3.8, 4) is 5.75 Å². The number of amides is 3. The summed E-state index contributed by atoms with van der Waals surface area (Å²) < 4.78 is 51.2. The molecule has 0 bridgehead atoms. The van der Waals surface area contributed by atoms with Crippen molar-refractivity contribution in [2.75, 3.05) is 23.4 Å². The lowest BCUT2D eigenvalue weighted by atomic mass is 9.82. The molecule has 2 aliphatic rings. The van der Waals surface area contributed by atoms with Gasteiger partial charge in [-0.2, -0.15) is 13.2 Å². The second-order valence-corrected chi connectivity index (χ2v) is 13.2. The molecule has 1 aromatic heterocycles. The SMILES string of the molecule is CCOC(=O)c1ccc(N2C(=O)C3Sc4[nH]c(=O)sc4C(c4cc(Cl)ccc4OCC(=O)Nc4ccccc4C(F)(F)F)C3C2=O)cc1. The number of hydrogen-bond acceptors (Lipinski definition) is 9. The van der Waals surface area contributed by atoms with E-state index in [0.29, 0.717) is 15.5 Å². The quantitative estimate of drug-likeness (QED) is 0.165. The third-order valence-electron chi connectivity index (χ3n) is 7.63. The number of ether oxygens (including phenoxy) is 2. The predicted molar refractivity (Wildman–Crippen MR) is 172 cm³/mol. The number of rotatable bonds is 8. The number of hydrogen-bond donors (Lipinski definition) is 2. The number of esters is 1. The fourth-order valence-corrected chi connectivity index (χ4v) is 8.32. The molecule has 16 heteroatoms. The maximum absolute atomic E-state index is 14.1. The first-order valence-electron chi connectivity index (χ1n) is 14.3. The van der Waals surface area contributed by atoms with Crippen molar-refractivity contribution in [3.05, 3.63) is 103 Å². The largest absolute Gasteiger partial charge is 0.483 e. The van der Waals surface area contributed by atoms with Crippen LogP contribution in [0.2, 0.25) is 5.02 Å². The van der Waals surface area contributed by atoms with Gasteiger partial charge in [-0.3, -0.25) is 19.2 Å². The minimum Gasteiger partial charge on any atom is -0.483 e. The Labute approximate surface area is 283 Å². The van der Waals surface area contributed by atoms with Crippen LogP contribution >= 0.6 is 34.7 Å². The summed E-state index contributed by atoms with van der Waals surface area (Å²) in [6.07, 6.45) is -4.71. The van der Waals surface area contributed by atoms with E-state index in [-0.39, 0.29) is 28.6 Å². The number of nitrogens with one attached hydrogen (secondary N) is 2. The molecule has 0 spiro atoms. The van der Waals surface area contributed by atoms with E-state index in [4.69, 9.17) is 21.1 Å². The van der Waals surface area contributed by atoms with Crippen molar-refractivity contribution in [2.24, 2.45) is 5.92 Å². The third-order valence-corrected chi connectivity index (χ3v) is 10.3. The van der Waals surface area contributed by atoms with Gasteiger partial charge < -0.3 is 19.8 Å². The molecular weight excluding hydrogens is 695 g/mol. The Kier molecular flexibility index (Phi) is 9.11. The molecule has 6 rings (SSSR count). The van der Waals surface area contributed by atoms with E-state index in [0.717, 1.165) is 40.1 Å². The smallest absolute Gasteiger partial charge is 0.418 e. The molecule has 0 radical (unpaired) electrons. The number of imide groups is 1. The summed E-state index contributed by atoms with van der Waals surface area (Å²) in [5.41, 5.74) is -0.735. The Hall–Kier alpha value is -4.60. The van der Waals surface area contributed by atoms with Gasteiger partial charge >= 0.3 is 17.0 Å². The molecule has 0 aliphatic carbocycles. The fourth-order valence-electron chi connectivity index (χ4n) is 5.63. The number of para-hydroxylation sites is 1. The molecule has 1 saturated heterocycles. The fraction of sp³-hybridized carbons (Fsp3) is 0.219. The van der Waals surface area contributed by atoms with Gasteiger partial charge in [0, 0.05) is 21.4 Å². The number of thioether (sulfide) groups is 1. The van der Waals surface area contributed by atoms with E-state index in [1.54, 1.807) is 6.92 Å². The highest BCUT2D eigenvalue weighted by molar-refractivity contribution is 8.00. The molecule has 1 fully saturated rings. The summed E-state index contributed by atoms with van der Waals surface area (Å²) in [5.74, 6) is -4.48. The van der Waals surface area contributed by atoms with Gasteiger partial charge in [-0.25, -0.2) is 9.69 Å². The third kappa shape index (κ3) is 6.32. The molecule has 2 aliphatic heterocycles. The van der Waals surface area contributed by atoms with Crippen molar-refractivity contribution in [2.45, 2.75) is 29.3 Å². The second kappa shape index (κ2) is 13.1. The van der Waals surface area contributed by atoms with Crippen LogP contribution in [0.15, 0.2) is 76.6 Å². The average Bonchev–Trinajstić information content (AvgIpc) is 3.54. The van der Waals surface area contributed by atoms with Crippen LogP contribution < -0.4 is 19.8 Å². The molecule has 3 atom stereocenters. The number of anilines is 2. The number of carbonyl (C=O) groups is 4. The van der Waals surface area contributed by atoms with Crippen LogP contribution in [0.3, 0.4) is 0 Å². The average molecular weight is 718 g/mol. The van der Waals surface area contributed by atoms with Crippen LogP contribution in [-0.4, -0.2) is 47.1 Å². The zero-order valence-electron chi connectivity index (χ0n) is 24.6. The monoisotopic (exact) mass is 717 g/mol. The van der Waals surface area contributed by atoms with Crippen molar-refractivity contribution in [1.82, 2.24) is 4.98 Å². The van der Waals surface area contributed by atoms with Gasteiger partial charge in [0.25, 0.3) is 5.91 Å². The van der Waals surface area contributed by atoms with Crippen LogP contribution in [-0.2, 0) is 25.3 Å². The summed E-state index contributed by atoms with van der Waals surface area (Å²) in [4.78, 5) is 69.2. The highest BCUT2D eigenvalue weighted by Crippen LogP contribution is 2.54. The van der Waals surface area contributed by atoms with Crippen molar-refractivity contribution >= 4 is 69.8 Å². The van der Waals surface area contributed by atoms with E-state index >= 15 is 0 Å². The van der Waals surface area contributed by atoms with E-state index in [1.165, 1.54) is 54.6 Å². The number of nitrogens with zero attached hydrogens (tertiary/aromatic N) is 1. The molecule has 48 heavy (non-hydrogen) atoms. The summed E-state index contributed by atoms with van der Waals surface area (Å²) >= 11 is 8.27. The molecule has 4 aromatic rings. The van der Waals surface area contributed by atoms with Crippen molar-refractivity contribution in [3.63, 3.8) is 0 Å². The lowest BCUT2D eigenvalue weighted by molar-refractivity contribution is -0.137. The standard InChI is InChI=1S/C32H23ClF3N3O7S2/c1-2-45-30(43)15-7-10-17(11-8-15)39-28(41)24-23(25-27(38-31(44)48-25)47-26(24)29(39)42)18-13-16(33)9-12-21(18)46-14-22(40)37-20-6-4-3-5-19(20)32(34,35)36/h3-13,23-24,26H,2,14H2,1H3,(H,37,40)(H,38,44). The molecule has 248 valence electrons. The molecule has 3 unspecified atom stereocenters. The molecule has 3 amide bonds. The van der Waals surface area contributed by atoms with Gasteiger partial charge in [-0.15, -0.1) is 0 Å². The minimum absolute atomic E-state index is 0.0681. The van der Waals surface area contributed by atoms with E-state index in [1.807, 2.05) is 0 Å². The van der Waals surface area contributed by atoms with E-state index in [9.17, 15) is 37.1 Å². The predicted octanol–water partition coefficient (Wildman–Crippen LogP) is 6.10. The van der Waals surface area contributed by atoms with E-state index in [2.05, 4.69) is 10.3 Å². The van der Waals surface area contributed by atoms with Crippen LogP contribution in [0.4, 0.5) is 24.5 Å². The lowest BCUT2D eigenvalue weighted by Gasteiger charge is -2.31. The Balaban J connectivity index is 1.32. The number of thiazole rings is 1. The number of H-pyrrole nitrogens is 1. The first-order valence-corrected chi connectivity index (χ1v) is 16.4. The summed E-state index contributed by atoms with van der Waals surface area (Å²) in [5, 5.41) is 1.85. The molecular formula is C32H23ClF3N3O7S2. The zero-order valence-corrected chi connectivity index (χ0v) is 27.0. The van der Waals surface area contributed by atoms with Crippen LogP contribution in [0.25, 0.3) is 0 Å². The van der Waals surface area contributed by atoms with Crippen molar-refractivity contribution in [1.29, 1.82) is 0 Å². The lowest BCUT2D eigenvalue weighted by Crippen LogP contribution is -2.32. The maximum atomic E-state index is 14.1. The number of aromatic nitrogens is 1. The molecule has 10 nitrogen and oxygen atoms in total. The molecule has 0 saturated carbocycles. The topological polar surface area (TPSA) is 135 Å². The van der Waals surface area contributed by atoms with Gasteiger partial charge in [-0.1, -0.05) is 46.8 Å². The molecule has 3 aromatic carbocycles. The molecule has 2 N–H and O–H groups in total. The zero-order chi connectivity index (χ0) is 34.3. The minimum atomic E-state index is -4.71. The normalized spacial score (nSPS) is 18.7.